The molecule has 0 aliphatic rings. The Morgan fingerprint density at radius 3 is 2.70 bits per heavy atom. The number of hydrogen-bond donors (Lipinski definition) is 2. The molecule has 3 aromatic heterocycles. The summed E-state index contributed by atoms with van der Waals surface area (Å²) < 4.78 is 1.34. The second-order valence-electron chi connectivity index (χ2n) is 5.01. The van der Waals surface area contributed by atoms with Gasteiger partial charge in [0, 0.05) is 10.0 Å². The van der Waals surface area contributed by atoms with Gasteiger partial charge in [-0.05, 0) is 13.0 Å². The maximum absolute atomic E-state index is 12.0. The number of nitrogens with zero attached hydrogens (tertiary/aromatic N) is 2. The summed E-state index contributed by atoms with van der Waals surface area (Å²) in [5.74, 6) is 0.577. The largest absolute Gasteiger partial charge is 0.326 e. The van der Waals surface area contributed by atoms with Crippen LogP contribution in [0.15, 0.2) is 38.3 Å². The van der Waals surface area contributed by atoms with Gasteiger partial charge in [0.1, 0.15) is 9.53 Å². The van der Waals surface area contributed by atoms with Crippen molar-refractivity contribution in [1.82, 2.24) is 19.9 Å². The van der Waals surface area contributed by atoms with Crippen molar-refractivity contribution in [1.29, 1.82) is 0 Å². The van der Waals surface area contributed by atoms with Gasteiger partial charge in [0.15, 0.2) is 5.82 Å². The number of aromatic amines is 2. The standard InChI is InChI=1S/C15H9BrN4O2S/c1-6-9-10-11(13(21)20-15(22)18-10)23-14(9)19-12(17-6)7-4-2-3-5-8(7)16/h2-5H,1H3,(H2,18,20,21,22). The number of hydrogen-bond acceptors (Lipinski definition) is 5. The molecule has 2 N–H and O–H groups in total. The van der Waals surface area contributed by atoms with Crippen LogP contribution in [-0.4, -0.2) is 19.9 Å². The average Bonchev–Trinajstić information content (AvgIpc) is 2.87. The quantitative estimate of drug-likeness (QED) is 0.524. The fourth-order valence-corrected chi connectivity index (χ4v) is 4.05. The highest BCUT2D eigenvalue weighted by molar-refractivity contribution is 9.10. The van der Waals surface area contributed by atoms with Crippen LogP contribution in [0.3, 0.4) is 0 Å². The molecule has 0 bridgehead atoms. The molecule has 0 aliphatic carbocycles. The number of H-pyrrole nitrogens is 2. The van der Waals surface area contributed by atoms with Gasteiger partial charge in [-0.3, -0.25) is 9.78 Å². The van der Waals surface area contributed by atoms with Crippen LogP contribution >= 0.6 is 27.3 Å². The van der Waals surface area contributed by atoms with Crippen molar-refractivity contribution in [3.8, 4) is 11.4 Å². The highest BCUT2D eigenvalue weighted by Crippen LogP contribution is 2.33. The fourth-order valence-electron chi connectivity index (χ4n) is 2.52. The van der Waals surface area contributed by atoms with Gasteiger partial charge in [-0.1, -0.05) is 34.1 Å². The molecule has 0 amide bonds. The maximum atomic E-state index is 12.0. The van der Waals surface area contributed by atoms with Gasteiger partial charge in [-0.25, -0.2) is 14.8 Å². The zero-order chi connectivity index (χ0) is 16.1. The lowest BCUT2D eigenvalue weighted by Crippen LogP contribution is -2.20. The summed E-state index contributed by atoms with van der Waals surface area (Å²) in [5, 5.41) is 0.712. The zero-order valence-corrected chi connectivity index (χ0v) is 14.2. The van der Waals surface area contributed by atoms with E-state index >= 15 is 0 Å². The molecule has 114 valence electrons. The summed E-state index contributed by atoms with van der Waals surface area (Å²) in [5.41, 5.74) is 1.14. The molecule has 0 saturated heterocycles. The first-order valence-electron chi connectivity index (χ1n) is 6.73. The van der Waals surface area contributed by atoms with Crippen molar-refractivity contribution in [2.24, 2.45) is 0 Å². The highest BCUT2D eigenvalue weighted by Gasteiger charge is 2.16. The molecule has 0 saturated carbocycles. The Hall–Kier alpha value is -2.32. The molecule has 23 heavy (non-hydrogen) atoms. The Bertz CT molecular complexity index is 1190. The van der Waals surface area contributed by atoms with E-state index in [4.69, 9.17) is 0 Å². The third kappa shape index (κ3) is 2.22. The van der Waals surface area contributed by atoms with E-state index in [2.05, 4.69) is 35.9 Å². The van der Waals surface area contributed by atoms with E-state index in [1.807, 2.05) is 31.2 Å². The zero-order valence-electron chi connectivity index (χ0n) is 11.8. The summed E-state index contributed by atoms with van der Waals surface area (Å²) in [4.78, 5) is 38.2. The number of halogens is 1. The van der Waals surface area contributed by atoms with E-state index in [9.17, 15) is 9.59 Å². The summed E-state index contributed by atoms with van der Waals surface area (Å²) in [6.07, 6.45) is 0. The summed E-state index contributed by atoms with van der Waals surface area (Å²) in [6, 6.07) is 7.68. The number of aryl methyl sites for hydroxylation is 1. The van der Waals surface area contributed by atoms with Gasteiger partial charge in [0.2, 0.25) is 0 Å². The van der Waals surface area contributed by atoms with E-state index in [-0.39, 0.29) is 0 Å². The number of aromatic nitrogens is 4. The minimum Gasteiger partial charge on any atom is -0.305 e. The molecular weight excluding hydrogens is 380 g/mol. The SMILES string of the molecule is Cc1nc(-c2ccccc2Br)nc2sc3c(=O)[nH]c(=O)[nH]c3c12. The molecule has 0 radical (unpaired) electrons. The van der Waals surface area contributed by atoms with Crippen molar-refractivity contribution < 1.29 is 0 Å². The van der Waals surface area contributed by atoms with Crippen LogP contribution in [0.2, 0.25) is 0 Å². The second kappa shape index (κ2) is 5.10. The minimum absolute atomic E-state index is 0.409. The molecule has 6 nitrogen and oxygen atoms in total. The third-order valence-electron chi connectivity index (χ3n) is 3.52. The van der Waals surface area contributed by atoms with Crippen LogP contribution < -0.4 is 11.2 Å². The highest BCUT2D eigenvalue weighted by atomic mass is 79.9. The molecule has 0 unspecified atom stereocenters. The molecule has 1 aromatic carbocycles. The number of nitrogens with one attached hydrogen (secondary N) is 2. The molecular formula is C15H9BrN4O2S. The van der Waals surface area contributed by atoms with E-state index in [0.29, 0.717) is 32.0 Å². The minimum atomic E-state index is -0.531. The third-order valence-corrected chi connectivity index (χ3v) is 5.29. The molecule has 0 spiro atoms. The molecule has 4 aromatic rings. The number of rotatable bonds is 1. The van der Waals surface area contributed by atoms with Gasteiger partial charge in [0.25, 0.3) is 5.56 Å². The Morgan fingerprint density at radius 2 is 1.91 bits per heavy atom. The number of benzene rings is 1. The van der Waals surface area contributed by atoms with Gasteiger partial charge in [-0.2, -0.15) is 0 Å². The summed E-state index contributed by atoms with van der Waals surface area (Å²) >= 11 is 4.74. The summed E-state index contributed by atoms with van der Waals surface area (Å²) in [6.45, 7) is 1.84. The normalized spacial score (nSPS) is 11.4. The average molecular weight is 389 g/mol. The van der Waals surface area contributed by atoms with Crippen LogP contribution in [0.1, 0.15) is 5.69 Å². The predicted molar refractivity (Wildman–Crippen MR) is 94.0 cm³/mol. The molecule has 3 heterocycles. The van der Waals surface area contributed by atoms with E-state index < -0.39 is 11.2 Å². The van der Waals surface area contributed by atoms with E-state index in [0.717, 1.165) is 10.0 Å². The van der Waals surface area contributed by atoms with Crippen LogP contribution in [0.5, 0.6) is 0 Å². The first-order chi connectivity index (χ1) is 11.0. The van der Waals surface area contributed by atoms with E-state index in [1.165, 1.54) is 11.3 Å². The van der Waals surface area contributed by atoms with Crippen LogP contribution in [0.25, 0.3) is 31.8 Å². The Morgan fingerprint density at radius 1 is 1.13 bits per heavy atom. The predicted octanol–water partition coefficient (Wildman–Crippen LogP) is 2.96. The Labute approximate surface area is 141 Å². The van der Waals surface area contributed by atoms with Crippen molar-refractivity contribution >= 4 is 47.7 Å². The Kier molecular flexibility index (Phi) is 3.17. The van der Waals surface area contributed by atoms with Crippen molar-refractivity contribution in [2.75, 3.05) is 0 Å². The fraction of sp³-hybridized carbons (Fsp3) is 0.0667. The van der Waals surface area contributed by atoms with Gasteiger partial charge in [0.05, 0.1) is 16.6 Å². The van der Waals surface area contributed by atoms with Crippen molar-refractivity contribution in [3.63, 3.8) is 0 Å². The Balaban J connectivity index is 2.12. The van der Waals surface area contributed by atoms with Crippen molar-refractivity contribution in [2.45, 2.75) is 6.92 Å². The topological polar surface area (TPSA) is 91.5 Å². The van der Waals surface area contributed by atoms with Crippen LogP contribution in [0, 0.1) is 6.92 Å². The molecule has 8 heteroatoms. The van der Waals surface area contributed by atoms with Gasteiger partial charge in [-0.15, -0.1) is 11.3 Å². The number of thiophene rings is 1. The van der Waals surface area contributed by atoms with E-state index in [1.54, 1.807) is 0 Å². The lowest BCUT2D eigenvalue weighted by molar-refractivity contribution is 1.09. The molecule has 0 fully saturated rings. The molecule has 0 aliphatic heterocycles. The maximum Gasteiger partial charge on any atom is 0.326 e. The molecule has 0 atom stereocenters. The van der Waals surface area contributed by atoms with Gasteiger partial charge < -0.3 is 4.98 Å². The lowest BCUT2D eigenvalue weighted by Gasteiger charge is -2.04. The van der Waals surface area contributed by atoms with Crippen LogP contribution in [-0.2, 0) is 0 Å². The van der Waals surface area contributed by atoms with Gasteiger partial charge >= 0.3 is 5.69 Å². The summed E-state index contributed by atoms with van der Waals surface area (Å²) in [7, 11) is 0. The lowest BCUT2D eigenvalue weighted by atomic mass is 10.2. The molecule has 4 rings (SSSR count). The smallest absolute Gasteiger partial charge is 0.305 e. The first kappa shape index (κ1) is 14.3. The number of fused-ring (bicyclic) bond motifs is 3. The monoisotopic (exact) mass is 388 g/mol. The first-order valence-corrected chi connectivity index (χ1v) is 8.34. The second-order valence-corrected chi connectivity index (χ2v) is 6.86. The van der Waals surface area contributed by atoms with Crippen LogP contribution in [0.4, 0.5) is 0 Å². The van der Waals surface area contributed by atoms with Crippen molar-refractivity contribution in [3.05, 3.63) is 55.3 Å².